The molecule has 6 amide bonds. The van der Waals surface area contributed by atoms with E-state index in [1.165, 1.54) is 76.7 Å². The minimum atomic E-state index is -0.468. The molecule has 102 heavy (non-hydrogen) atoms. The van der Waals surface area contributed by atoms with Crippen molar-refractivity contribution >= 4 is 71.3 Å². The van der Waals surface area contributed by atoms with Crippen LogP contribution in [0.5, 0.6) is 0 Å². The molecule has 6 atom stereocenters. The molecule has 0 bridgehead atoms. The van der Waals surface area contributed by atoms with Crippen LogP contribution >= 0.6 is 23.5 Å². The van der Waals surface area contributed by atoms with Gasteiger partial charge in [-0.1, -0.05) is 140 Å². The Bertz CT molecular complexity index is 2750. The summed E-state index contributed by atoms with van der Waals surface area (Å²) in [5.41, 5.74) is 2.68. The third-order valence-electron chi connectivity index (χ3n) is 19.3. The Labute approximate surface area is 621 Å². The number of methoxy groups -OCH3 is 2. The number of esters is 3. The maximum Gasteiger partial charge on any atom is 0.407 e. The van der Waals surface area contributed by atoms with Crippen molar-refractivity contribution in [1.82, 2.24) is 41.7 Å². The predicted molar refractivity (Wildman–Crippen MR) is 412 cm³/mol. The minimum Gasteiger partial charge on any atom is -0.465 e. The molecule has 6 N–H and O–H groups in total. The van der Waals surface area contributed by atoms with E-state index in [-0.39, 0.29) is 66.1 Å². The molecule has 0 aromatic heterocycles. The van der Waals surface area contributed by atoms with Gasteiger partial charge in [-0.05, 0) is 180 Å². The van der Waals surface area contributed by atoms with Crippen molar-refractivity contribution in [3.05, 3.63) is 70.8 Å². The lowest BCUT2D eigenvalue weighted by atomic mass is 10.0. The highest BCUT2D eigenvalue weighted by atomic mass is 32.2. The van der Waals surface area contributed by atoms with E-state index in [1.54, 1.807) is 0 Å². The number of nitrogens with one attached hydrogen (secondary N) is 6. The lowest BCUT2D eigenvalue weighted by Gasteiger charge is -2.23. The average Bonchev–Trinajstić information content (AvgIpc) is 1.68. The zero-order chi connectivity index (χ0) is 73.8. The van der Waals surface area contributed by atoms with Crippen LogP contribution in [0.3, 0.4) is 0 Å². The summed E-state index contributed by atoms with van der Waals surface area (Å²) in [4.78, 5) is 100. The molecule has 20 nitrogen and oxygen atoms in total. The van der Waals surface area contributed by atoms with Crippen molar-refractivity contribution in [3.8, 4) is 0 Å². The van der Waals surface area contributed by atoms with Crippen LogP contribution in [0.15, 0.2) is 48.5 Å². The normalized spacial score (nSPS) is 18.3. The van der Waals surface area contributed by atoms with Crippen LogP contribution in [0.1, 0.15) is 292 Å². The van der Waals surface area contributed by atoms with Crippen LogP contribution in [-0.4, -0.2) is 168 Å². The Hall–Kier alpha value is -5.58. The maximum absolute atomic E-state index is 12.4. The highest BCUT2D eigenvalue weighted by Gasteiger charge is 2.43. The number of amides is 6. The number of benzene rings is 2. The number of fused-ring (bicyclic) bond motifs is 2. The number of unbranched alkanes of at least 4 members (excludes halogenated alkanes) is 22. The van der Waals surface area contributed by atoms with Crippen molar-refractivity contribution in [2.45, 2.75) is 319 Å². The lowest BCUT2D eigenvalue weighted by molar-refractivity contribution is -0.155. The van der Waals surface area contributed by atoms with E-state index in [4.69, 9.17) is 18.9 Å². The molecular weight excluding hydrogens is 1330 g/mol. The Morgan fingerprint density at radius 1 is 0.431 bits per heavy atom. The first-order chi connectivity index (χ1) is 49.1. The number of hydrogen-bond donors (Lipinski definition) is 6. The van der Waals surface area contributed by atoms with Gasteiger partial charge in [0.25, 0.3) is 0 Å². The zero-order valence-electron chi connectivity index (χ0n) is 63.8. The van der Waals surface area contributed by atoms with Gasteiger partial charge in [0, 0.05) is 73.9 Å². The van der Waals surface area contributed by atoms with Crippen molar-refractivity contribution in [2.75, 3.05) is 65.0 Å². The molecule has 2 aromatic carbocycles. The molecule has 4 heterocycles. The summed E-state index contributed by atoms with van der Waals surface area (Å²) in [6.45, 7) is 18.6. The summed E-state index contributed by atoms with van der Waals surface area (Å²) in [5, 5.41) is 18.9. The molecule has 0 spiro atoms. The number of thioether (sulfide) groups is 2. The molecule has 6 unspecified atom stereocenters. The number of ether oxygens (including phenoxy) is 4. The monoisotopic (exact) mass is 1460 g/mol. The van der Waals surface area contributed by atoms with E-state index in [1.807, 2.05) is 114 Å². The molecule has 0 radical (unpaired) electrons. The lowest BCUT2D eigenvalue weighted by Crippen LogP contribution is -2.36. The van der Waals surface area contributed by atoms with E-state index in [2.05, 4.69) is 41.7 Å². The zero-order valence-corrected chi connectivity index (χ0v) is 65.4. The van der Waals surface area contributed by atoms with Gasteiger partial charge in [-0.3, -0.25) is 24.2 Å². The molecule has 4 aliphatic heterocycles. The van der Waals surface area contributed by atoms with Gasteiger partial charge in [-0.15, -0.1) is 0 Å². The van der Waals surface area contributed by atoms with E-state index in [9.17, 15) is 38.4 Å². The van der Waals surface area contributed by atoms with Crippen molar-refractivity contribution in [1.29, 1.82) is 0 Å². The Balaban J connectivity index is 0.000000388. The SMILES string of the molecule is COC(=O)c1ccc(CN(CCCCCCCCCC(=O)CCCCC2SCC3NC(=O)NC32)CCCCCCCNC(=O)CCCCC2SCC3NC(=O)NC32)cc1.COC(=O)c1ccc(CN(CCCCCCCCCC(=O)OC(C)(C)C)CCCCCCCNC(=O)OC(C)(C)C)cc1. The standard InChI is InChI=1S/C45H72N6O6S2.C35H60N2O6/c1-57-43(54)34-25-23-33(24-26-34)30-51(29-17-9-5-7-15-27-46-40(53)22-14-13-21-39-42-37(32-59-39)48-45(56)50-42)28-16-8-4-2-3-6-10-18-35(52)19-11-12-20-38-41-36(31-58-38)47-44(55)49-41;1-34(2,3)42-31(38)20-16-12-9-8-10-14-18-26-37(28-29-21-23-30(24-22-29)32(39)41-7)27-19-15-11-13-17-25-36-33(40)43-35(4,5)6/h23-26,36-39,41-42H,2-22,27-32H2,1H3,(H,46,53)(H2,47,49,55)(H2,48,50,56);21-24H,8-20,25-28H2,1-7H3,(H,36,40). The third kappa shape index (κ3) is 38.4. The van der Waals surface area contributed by atoms with Gasteiger partial charge in [-0.25, -0.2) is 24.0 Å². The van der Waals surface area contributed by atoms with Gasteiger partial charge < -0.3 is 50.8 Å². The minimum absolute atomic E-state index is 0.0353. The fourth-order valence-electron chi connectivity index (χ4n) is 13.7. The number of alkyl carbamates (subject to hydrolysis) is 1. The Morgan fingerprint density at radius 2 is 0.784 bits per heavy atom. The molecule has 4 fully saturated rings. The van der Waals surface area contributed by atoms with Crippen LogP contribution in [0, 0.1) is 0 Å². The first kappa shape index (κ1) is 87.1. The molecule has 6 rings (SSSR count). The number of carbonyl (C=O) groups is 8. The quantitative estimate of drug-likeness (QED) is 0.0156. The molecule has 22 heteroatoms. The molecule has 576 valence electrons. The van der Waals surface area contributed by atoms with E-state index in [0.717, 1.165) is 199 Å². The summed E-state index contributed by atoms with van der Waals surface area (Å²) in [6, 6.07) is 16.4. The number of rotatable bonds is 52. The first-order valence-electron chi connectivity index (χ1n) is 39.2. The van der Waals surface area contributed by atoms with Gasteiger partial charge >= 0.3 is 36.1 Å². The van der Waals surface area contributed by atoms with E-state index >= 15 is 0 Å². The molecule has 4 saturated heterocycles. The van der Waals surface area contributed by atoms with Gasteiger partial charge in [0.15, 0.2) is 0 Å². The summed E-state index contributed by atoms with van der Waals surface area (Å²) in [7, 11) is 2.81. The molecular formula is C80H132N8O12S2. The van der Waals surface area contributed by atoms with Gasteiger partial charge in [-0.2, -0.15) is 23.5 Å². The molecule has 4 aliphatic rings. The second-order valence-electron chi connectivity index (χ2n) is 30.6. The fraction of sp³-hybridized carbons (Fsp3) is 0.750. The molecule has 0 aliphatic carbocycles. The highest BCUT2D eigenvalue weighted by Crippen LogP contribution is 2.35. The smallest absolute Gasteiger partial charge is 0.407 e. The average molecular weight is 1460 g/mol. The number of hydrogen-bond acceptors (Lipinski definition) is 16. The topological polar surface area (TPSA) is 252 Å². The van der Waals surface area contributed by atoms with E-state index in [0.29, 0.717) is 59.6 Å². The van der Waals surface area contributed by atoms with Gasteiger partial charge in [0.2, 0.25) is 5.91 Å². The predicted octanol–water partition coefficient (Wildman–Crippen LogP) is 15.7. The third-order valence-corrected chi connectivity index (χ3v) is 22.3. The van der Waals surface area contributed by atoms with Gasteiger partial charge in [0.05, 0.1) is 49.5 Å². The number of nitrogens with zero attached hydrogens (tertiary/aromatic N) is 2. The molecule has 0 saturated carbocycles. The summed E-state index contributed by atoms with van der Waals surface area (Å²) < 4.78 is 20.4. The van der Waals surface area contributed by atoms with E-state index < -0.39 is 11.2 Å². The summed E-state index contributed by atoms with van der Waals surface area (Å²) in [6.07, 6.45) is 35.3. The van der Waals surface area contributed by atoms with Crippen LogP contribution in [0.25, 0.3) is 0 Å². The number of Topliss-reactive ketones (excluding diaryl/α,β-unsaturated/α-hetero) is 1. The van der Waals surface area contributed by atoms with Gasteiger partial charge in [0.1, 0.15) is 17.0 Å². The second-order valence-corrected chi connectivity index (χ2v) is 33.1. The fourth-order valence-corrected chi connectivity index (χ4v) is 16.8. The van der Waals surface area contributed by atoms with Crippen LogP contribution in [-0.2, 0) is 46.4 Å². The van der Waals surface area contributed by atoms with Crippen LogP contribution < -0.4 is 31.9 Å². The largest absolute Gasteiger partial charge is 0.465 e. The number of ketones is 1. The summed E-state index contributed by atoms with van der Waals surface area (Å²) in [5.74, 6) is 1.79. The Morgan fingerprint density at radius 3 is 1.19 bits per heavy atom. The first-order valence-corrected chi connectivity index (χ1v) is 41.3. The van der Waals surface area contributed by atoms with Crippen LogP contribution in [0.4, 0.5) is 14.4 Å². The van der Waals surface area contributed by atoms with Crippen molar-refractivity contribution in [3.63, 3.8) is 0 Å². The Kier molecular flexibility index (Phi) is 42.7. The highest BCUT2D eigenvalue weighted by molar-refractivity contribution is 8.00. The van der Waals surface area contributed by atoms with Crippen LogP contribution in [0.2, 0.25) is 0 Å². The number of carbonyl (C=O) groups excluding carboxylic acids is 8. The second kappa shape index (κ2) is 50.0. The van der Waals surface area contributed by atoms with Crippen molar-refractivity contribution < 1.29 is 57.3 Å². The molecule has 2 aromatic rings. The summed E-state index contributed by atoms with van der Waals surface area (Å²) >= 11 is 3.87. The van der Waals surface area contributed by atoms with Crippen molar-refractivity contribution in [2.24, 2.45) is 0 Å². The maximum atomic E-state index is 12.4. The number of urea groups is 2.